The summed E-state index contributed by atoms with van der Waals surface area (Å²) in [5, 5.41) is 3.47. The Balaban J connectivity index is 1.57. The molecule has 0 amide bonds. The molecule has 2 aliphatic heterocycles. The molecule has 0 saturated carbocycles. The Morgan fingerprint density at radius 1 is 0.947 bits per heavy atom. The van der Waals surface area contributed by atoms with Gasteiger partial charge >= 0.3 is 0 Å². The average molecular weight is 266 g/mol. The summed E-state index contributed by atoms with van der Waals surface area (Å²) in [5.41, 5.74) is 0. The molecule has 2 saturated heterocycles. The number of nitrogens with one attached hydrogen (secondary N) is 1. The highest BCUT2D eigenvalue weighted by atomic mass is 15.1. The fourth-order valence-corrected chi connectivity index (χ4v) is 3.92. The minimum atomic E-state index is 1.01. The highest BCUT2D eigenvalue weighted by Crippen LogP contribution is 2.23. The SMILES string of the molecule is CCCC1CCCN(CCCC2CCNCC2)CC1. The fraction of sp³-hybridized carbons (Fsp3) is 1.00. The van der Waals surface area contributed by atoms with Crippen molar-refractivity contribution in [1.82, 2.24) is 10.2 Å². The Kier molecular flexibility index (Phi) is 7.23. The summed E-state index contributed by atoms with van der Waals surface area (Å²) in [4.78, 5) is 2.75. The summed E-state index contributed by atoms with van der Waals surface area (Å²) in [7, 11) is 0. The van der Waals surface area contributed by atoms with E-state index in [1.165, 1.54) is 90.5 Å². The third-order valence-electron chi connectivity index (χ3n) is 5.18. The normalized spacial score (nSPS) is 27.3. The van der Waals surface area contributed by atoms with E-state index < -0.39 is 0 Å². The van der Waals surface area contributed by atoms with Crippen molar-refractivity contribution in [3.8, 4) is 0 Å². The van der Waals surface area contributed by atoms with E-state index in [-0.39, 0.29) is 0 Å². The number of piperidine rings is 1. The quantitative estimate of drug-likeness (QED) is 0.789. The lowest BCUT2D eigenvalue weighted by Gasteiger charge is -2.25. The van der Waals surface area contributed by atoms with Crippen molar-refractivity contribution in [2.24, 2.45) is 11.8 Å². The lowest BCUT2D eigenvalue weighted by Crippen LogP contribution is -2.29. The Morgan fingerprint density at radius 3 is 2.53 bits per heavy atom. The molecule has 0 aromatic heterocycles. The smallest absolute Gasteiger partial charge is 0.00161 e. The van der Waals surface area contributed by atoms with Gasteiger partial charge in [0.05, 0.1) is 0 Å². The third-order valence-corrected chi connectivity index (χ3v) is 5.18. The van der Waals surface area contributed by atoms with Crippen LogP contribution in [0.15, 0.2) is 0 Å². The second kappa shape index (κ2) is 8.97. The molecule has 0 spiro atoms. The largest absolute Gasteiger partial charge is 0.317 e. The van der Waals surface area contributed by atoms with Gasteiger partial charge in [-0.15, -0.1) is 0 Å². The van der Waals surface area contributed by atoms with Gasteiger partial charge < -0.3 is 10.2 Å². The van der Waals surface area contributed by atoms with Crippen LogP contribution < -0.4 is 5.32 Å². The highest BCUT2D eigenvalue weighted by molar-refractivity contribution is 4.72. The summed E-state index contributed by atoms with van der Waals surface area (Å²) < 4.78 is 0. The maximum absolute atomic E-state index is 3.47. The maximum atomic E-state index is 3.47. The van der Waals surface area contributed by atoms with Crippen molar-refractivity contribution in [3.63, 3.8) is 0 Å². The number of nitrogens with zero attached hydrogens (tertiary/aromatic N) is 1. The van der Waals surface area contributed by atoms with E-state index >= 15 is 0 Å². The molecule has 1 N–H and O–H groups in total. The van der Waals surface area contributed by atoms with Crippen molar-refractivity contribution in [1.29, 1.82) is 0 Å². The van der Waals surface area contributed by atoms with E-state index in [0.717, 1.165) is 11.8 Å². The summed E-state index contributed by atoms with van der Waals surface area (Å²) >= 11 is 0. The van der Waals surface area contributed by atoms with Crippen LogP contribution in [0.5, 0.6) is 0 Å². The Labute approximate surface area is 120 Å². The van der Waals surface area contributed by atoms with Crippen molar-refractivity contribution >= 4 is 0 Å². The van der Waals surface area contributed by atoms with Gasteiger partial charge in [0.25, 0.3) is 0 Å². The summed E-state index contributed by atoms with van der Waals surface area (Å²) in [6, 6.07) is 0. The molecule has 2 heterocycles. The minimum Gasteiger partial charge on any atom is -0.317 e. The molecule has 2 fully saturated rings. The van der Waals surface area contributed by atoms with Crippen LogP contribution in [-0.2, 0) is 0 Å². The van der Waals surface area contributed by atoms with Crippen molar-refractivity contribution < 1.29 is 0 Å². The van der Waals surface area contributed by atoms with Gasteiger partial charge in [0.1, 0.15) is 0 Å². The third kappa shape index (κ3) is 5.83. The topological polar surface area (TPSA) is 15.3 Å². The summed E-state index contributed by atoms with van der Waals surface area (Å²) in [5.74, 6) is 2.04. The lowest BCUT2D eigenvalue weighted by atomic mass is 9.93. The van der Waals surface area contributed by atoms with Gasteiger partial charge in [-0.05, 0) is 89.5 Å². The molecular weight excluding hydrogens is 232 g/mol. The van der Waals surface area contributed by atoms with Crippen LogP contribution in [0.1, 0.15) is 64.7 Å². The number of likely N-dealkylation sites (tertiary alicyclic amines) is 1. The van der Waals surface area contributed by atoms with Crippen LogP contribution in [0.4, 0.5) is 0 Å². The second-order valence-electron chi connectivity index (χ2n) is 6.76. The van der Waals surface area contributed by atoms with Gasteiger partial charge in [0, 0.05) is 0 Å². The molecule has 2 rings (SSSR count). The maximum Gasteiger partial charge on any atom is -0.00161 e. The molecular formula is C17H34N2. The first kappa shape index (κ1) is 15.3. The zero-order chi connectivity index (χ0) is 13.3. The van der Waals surface area contributed by atoms with E-state index in [1.807, 2.05) is 0 Å². The zero-order valence-corrected chi connectivity index (χ0v) is 13.0. The molecule has 1 unspecified atom stereocenters. The number of rotatable bonds is 6. The molecule has 2 nitrogen and oxygen atoms in total. The van der Waals surface area contributed by atoms with Gasteiger partial charge in [0.2, 0.25) is 0 Å². The molecule has 0 aromatic carbocycles. The standard InChI is InChI=1S/C17H34N2/c1-2-5-16-6-3-13-19(15-10-16)14-4-7-17-8-11-18-12-9-17/h16-18H,2-15H2,1H3. The molecule has 2 heteroatoms. The summed E-state index contributed by atoms with van der Waals surface area (Å²) in [6.45, 7) is 8.95. The van der Waals surface area contributed by atoms with Crippen LogP contribution in [0.2, 0.25) is 0 Å². The van der Waals surface area contributed by atoms with Gasteiger partial charge in [-0.3, -0.25) is 0 Å². The molecule has 0 bridgehead atoms. The Bertz CT molecular complexity index is 223. The first-order valence-electron chi connectivity index (χ1n) is 8.81. The van der Waals surface area contributed by atoms with E-state index in [9.17, 15) is 0 Å². The molecule has 0 aromatic rings. The molecule has 0 aliphatic carbocycles. The van der Waals surface area contributed by atoms with Crippen molar-refractivity contribution in [3.05, 3.63) is 0 Å². The molecule has 112 valence electrons. The molecule has 0 radical (unpaired) electrons. The van der Waals surface area contributed by atoms with Gasteiger partial charge in [0.15, 0.2) is 0 Å². The van der Waals surface area contributed by atoms with Crippen molar-refractivity contribution in [2.45, 2.75) is 64.7 Å². The van der Waals surface area contributed by atoms with Gasteiger partial charge in [-0.2, -0.15) is 0 Å². The number of hydrogen-bond donors (Lipinski definition) is 1. The van der Waals surface area contributed by atoms with E-state index in [4.69, 9.17) is 0 Å². The summed E-state index contributed by atoms with van der Waals surface area (Å²) in [6.07, 6.45) is 13.0. The van der Waals surface area contributed by atoms with Crippen LogP contribution in [0.3, 0.4) is 0 Å². The van der Waals surface area contributed by atoms with E-state index in [0.29, 0.717) is 0 Å². The first-order valence-corrected chi connectivity index (χ1v) is 8.81. The predicted octanol–water partition coefficient (Wildman–Crippen LogP) is 3.67. The zero-order valence-electron chi connectivity index (χ0n) is 13.0. The number of hydrogen-bond acceptors (Lipinski definition) is 2. The van der Waals surface area contributed by atoms with Crippen LogP contribution in [-0.4, -0.2) is 37.6 Å². The van der Waals surface area contributed by atoms with Gasteiger partial charge in [-0.25, -0.2) is 0 Å². The minimum absolute atomic E-state index is 1.01. The second-order valence-corrected chi connectivity index (χ2v) is 6.76. The van der Waals surface area contributed by atoms with Crippen molar-refractivity contribution in [2.75, 3.05) is 32.7 Å². The van der Waals surface area contributed by atoms with Gasteiger partial charge in [-0.1, -0.05) is 19.8 Å². The predicted molar refractivity (Wildman–Crippen MR) is 83.5 cm³/mol. The van der Waals surface area contributed by atoms with Crippen LogP contribution in [0.25, 0.3) is 0 Å². The van der Waals surface area contributed by atoms with Crippen LogP contribution in [0, 0.1) is 11.8 Å². The molecule has 2 aliphatic rings. The first-order chi connectivity index (χ1) is 9.38. The Hall–Kier alpha value is -0.0800. The van der Waals surface area contributed by atoms with E-state index in [1.54, 1.807) is 0 Å². The molecule has 19 heavy (non-hydrogen) atoms. The average Bonchev–Trinajstić information content (AvgIpc) is 2.66. The monoisotopic (exact) mass is 266 g/mol. The Morgan fingerprint density at radius 2 is 1.74 bits per heavy atom. The lowest BCUT2D eigenvalue weighted by molar-refractivity contribution is 0.256. The van der Waals surface area contributed by atoms with E-state index in [2.05, 4.69) is 17.1 Å². The van der Waals surface area contributed by atoms with Crippen LogP contribution >= 0.6 is 0 Å². The molecule has 1 atom stereocenters. The highest BCUT2D eigenvalue weighted by Gasteiger charge is 2.17. The fourth-order valence-electron chi connectivity index (χ4n) is 3.92.